The normalized spacial score (nSPS) is 17.6. The van der Waals surface area contributed by atoms with Crippen molar-refractivity contribution < 1.29 is 9.53 Å². The molecule has 1 fully saturated rings. The largest absolute Gasteiger partial charge is 0.493 e. The third-order valence-corrected chi connectivity index (χ3v) is 4.55. The van der Waals surface area contributed by atoms with Gasteiger partial charge in [-0.15, -0.1) is 0 Å². The second-order valence-corrected chi connectivity index (χ2v) is 6.37. The number of likely N-dealkylation sites (tertiary alicyclic amines) is 1. The average molecular weight is 321 g/mol. The number of carbonyl (C=O) groups is 1. The Kier molecular flexibility index (Phi) is 3.69. The zero-order valence-corrected chi connectivity index (χ0v) is 13.5. The fourth-order valence-corrected chi connectivity index (χ4v) is 3.18. The maximum atomic E-state index is 11.6. The Balaban J connectivity index is 1.49. The van der Waals surface area contributed by atoms with E-state index in [4.69, 9.17) is 4.74 Å². The number of benzene rings is 2. The second kappa shape index (κ2) is 6.00. The minimum absolute atomic E-state index is 0.203. The number of nitrogens with one attached hydrogen (secondary N) is 1. The predicted octanol–water partition coefficient (Wildman–Crippen LogP) is 3.09. The average Bonchev–Trinajstić information content (AvgIpc) is 3.23. The molecule has 3 aromatic rings. The molecule has 1 saturated heterocycles. The van der Waals surface area contributed by atoms with Gasteiger partial charge in [0.2, 0.25) is 5.91 Å². The molecule has 122 valence electrons. The summed E-state index contributed by atoms with van der Waals surface area (Å²) in [4.78, 5) is 13.3. The van der Waals surface area contributed by atoms with Crippen LogP contribution in [0.15, 0.2) is 48.8 Å². The summed E-state index contributed by atoms with van der Waals surface area (Å²) in [6.45, 7) is 1.36. The third-order valence-electron chi connectivity index (χ3n) is 4.55. The van der Waals surface area contributed by atoms with E-state index in [0.717, 1.165) is 34.2 Å². The Hall–Kier alpha value is -2.82. The lowest BCUT2D eigenvalue weighted by Gasteiger charge is -2.12. The number of nitrogens with zero attached hydrogens (tertiary/aromatic N) is 2. The van der Waals surface area contributed by atoms with Crippen molar-refractivity contribution in [2.75, 3.05) is 20.2 Å². The minimum atomic E-state index is 0.203. The molecule has 2 heterocycles. The highest BCUT2D eigenvalue weighted by molar-refractivity contribution is 5.88. The number of hydrogen-bond acceptors (Lipinski definition) is 3. The lowest BCUT2D eigenvalue weighted by molar-refractivity contribution is -0.126. The van der Waals surface area contributed by atoms with Crippen molar-refractivity contribution in [1.82, 2.24) is 15.1 Å². The molecule has 24 heavy (non-hydrogen) atoms. The number of rotatable bonds is 4. The van der Waals surface area contributed by atoms with Gasteiger partial charge in [0.15, 0.2) is 0 Å². The lowest BCUT2D eigenvalue weighted by atomic mass is 10.0. The van der Waals surface area contributed by atoms with Crippen molar-refractivity contribution in [2.24, 2.45) is 5.92 Å². The van der Waals surface area contributed by atoms with E-state index in [1.54, 1.807) is 4.90 Å². The summed E-state index contributed by atoms with van der Waals surface area (Å²) in [6.07, 6.45) is 4.29. The van der Waals surface area contributed by atoms with E-state index in [-0.39, 0.29) is 11.8 Å². The van der Waals surface area contributed by atoms with Gasteiger partial charge in [0.25, 0.3) is 0 Å². The molecule has 0 bridgehead atoms. The van der Waals surface area contributed by atoms with E-state index >= 15 is 0 Å². The molecule has 0 spiro atoms. The van der Waals surface area contributed by atoms with Crippen molar-refractivity contribution in [1.29, 1.82) is 0 Å². The van der Waals surface area contributed by atoms with E-state index in [9.17, 15) is 4.79 Å². The van der Waals surface area contributed by atoms with Crippen LogP contribution in [0.2, 0.25) is 0 Å². The number of amides is 1. The fourth-order valence-electron chi connectivity index (χ4n) is 3.18. The summed E-state index contributed by atoms with van der Waals surface area (Å²) in [5.41, 5.74) is 2.21. The molecule has 1 amide bonds. The first-order chi connectivity index (χ1) is 11.7. The molecule has 1 N–H and O–H groups in total. The van der Waals surface area contributed by atoms with Gasteiger partial charge in [-0.1, -0.05) is 18.2 Å². The predicted molar refractivity (Wildman–Crippen MR) is 92.8 cm³/mol. The maximum Gasteiger partial charge on any atom is 0.222 e. The van der Waals surface area contributed by atoms with Gasteiger partial charge < -0.3 is 9.64 Å². The number of hydrogen-bond donors (Lipinski definition) is 1. The second-order valence-electron chi connectivity index (χ2n) is 6.37. The lowest BCUT2D eigenvalue weighted by Crippen LogP contribution is -2.20. The van der Waals surface area contributed by atoms with Gasteiger partial charge in [-0.2, -0.15) is 5.10 Å². The number of aromatic amines is 1. The molecule has 0 aliphatic carbocycles. The number of aromatic nitrogens is 2. The number of ether oxygens (including phenoxy) is 1. The highest BCUT2D eigenvalue weighted by atomic mass is 16.5. The first-order valence-electron chi connectivity index (χ1n) is 8.09. The monoisotopic (exact) mass is 321 g/mol. The molecular formula is C19H19N3O2. The van der Waals surface area contributed by atoms with Gasteiger partial charge in [0.05, 0.1) is 12.8 Å². The van der Waals surface area contributed by atoms with Crippen molar-refractivity contribution in [3.63, 3.8) is 0 Å². The van der Waals surface area contributed by atoms with Crippen molar-refractivity contribution >= 4 is 16.7 Å². The molecule has 0 radical (unpaired) electrons. The zero-order valence-electron chi connectivity index (χ0n) is 13.5. The van der Waals surface area contributed by atoms with Crippen LogP contribution in [0, 0.1) is 5.92 Å². The van der Waals surface area contributed by atoms with Gasteiger partial charge in [-0.3, -0.25) is 9.89 Å². The van der Waals surface area contributed by atoms with Crippen molar-refractivity contribution in [3.05, 3.63) is 48.8 Å². The maximum absolute atomic E-state index is 11.6. The van der Waals surface area contributed by atoms with Crippen molar-refractivity contribution in [2.45, 2.75) is 6.42 Å². The van der Waals surface area contributed by atoms with Crippen LogP contribution >= 0.6 is 0 Å². The summed E-state index contributed by atoms with van der Waals surface area (Å²) in [6, 6.07) is 12.4. The first kappa shape index (κ1) is 14.8. The molecule has 2 aromatic carbocycles. The van der Waals surface area contributed by atoms with Crippen molar-refractivity contribution in [3.8, 4) is 16.9 Å². The zero-order chi connectivity index (χ0) is 16.5. The Morgan fingerprint density at radius 3 is 2.79 bits per heavy atom. The van der Waals surface area contributed by atoms with Crippen LogP contribution in [0.5, 0.6) is 5.75 Å². The van der Waals surface area contributed by atoms with Crippen LogP contribution in [0.4, 0.5) is 0 Å². The highest BCUT2D eigenvalue weighted by Crippen LogP contribution is 2.27. The molecule has 1 aliphatic heterocycles. The molecular weight excluding hydrogens is 302 g/mol. The summed E-state index contributed by atoms with van der Waals surface area (Å²) in [7, 11) is 1.84. The van der Waals surface area contributed by atoms with Crippen LogP contribution in [0.1, 0.15) is 6.42 Å². The van der Waals surface area contributed by atoms with Crippen LogP contribution < -0.4 is 4.74 Å². The Morgan fingerprint density at radius 1 is 1.21 bits per heavy atom. The number of carbonyl (C=O) groups excluding carboxylic acids is 1. The Bertz CT molecular complexity index is 873. The molecule has 5 heteroatoms. The van der Waals surface area contributed by atoms with Crippen LogP contribution in [0.25, 0.3) is 21.9 Å². The van der Waals surface area contributed by atoms with E-state index < -0.39 is 0 Å². The molecule has 0 saturated carbocycles. The van der Waals surface area contributed by atoms with Crippen LogP contribution in [-0.2, 0) is 4.79 Å². The smallest absolute Gasteiger partial charge is 0.222 e. The van der Waals surface area contributed by atoms with E-state index in [1.165, 1.54) is 0 Å². The highest BCUT2D eigenvalue weighted by Gasteiger charge is 2.27. The van der Waals surface area contributed by atoms with Gasteiger partial charge >= 0.3 is 0 Å². The Morgan fingerprint density at radius 2 is 2.04 bits per heavy atom. The molecule has 1 aliphatic rings. The fraction of sp³-hybridized carbons (Fsp3) is 0.263. The summed E-state index contributed by atoms with van der Waals surface area (Å²) in [5, 5.41) is 9.13. The molecule has 1 atom stereocenters. The summed E-state index contributed by atoms with van der Waals surface area (Å²) >= 11 is 0. The molecule has 5 nitrogen and oxygen atoms in total. The van der Waals surface area contributed by atoms with Gasteiger partial charge in [-0.05, 0) is 34.5 Å². The minimum Gasteiger partial charge on any atom is -0.493 e. The number of fused-ring (bicyclic) bond motifs is 1. The SMILES string of the molecule is CN1CC(COc2ccc3cc(-c4cn[nH]c4)ccc3c2)CC1=O. The van der Waals surface area contributed by atoms with E-state index in [0.29, 0.717) is 13.0 Å². The topological polar surface area (TPSA) is 58.2 Å². The first-order valence-corrected chi connectivity index (χ1v) is 8.09. The molecule has 4 rings (SSSR count). The van der Waals surface area contributed by atoms with Gasteiger partial charge in [0.1, 0.15) is 5.75 Å². The van der Waals surface area contributed by atoms with Gasteiger partial charge in [0, 0.05) is 37.7 Å². The van der Waals surface area contributed by atoms with Crippen LogP contribution in [0.3, 0.4) is 0 Å². The molecule has 1 unspecified atom stereocenters. The third kappa shape index (κ3) is 2.85. The summed E-state index contributed by atoms with van der Waals surface area (Å²) in [5.74, 6) is 1.33. The van der Waals surface area contributed by atoms with Crippen LogP contribution in [-0.4, -0.2) is 41.2 Å². The number of H-pyrrole nitrogens is 1. The summed E-state index contributed by atoms with van der Waals surface area (Å²) < 4.78 is 5.90. The quantitative estimate of drug-likeness (QED) is 0.803. The molecule has 1 aromatic heterocycles. The van der Waals surface area contributed by atoms with E-state index in [1.807, 2.05) is 25.5 Å². The standard InChI is InChI=1S/C19H19N3O2/c1-22-11-13(6-19(22)23)12-24-18-5-4-14-7-15(2-3-16(14)8-18)17-9-20-21-10-17/h2-5,7-10,13H,6,11-12H2,1H3,(H,20,21). The van der Waals surface area contributed by atoms with E-state index in [2.05, 4.69) is 40.5 Å². The van der Waals surface area contributed by atoms with Gasteiger partial charge in [-0.25, -0.2) is 0 Å². The Labute approximate surface area is 140 Å².